The van der Waals surface area contributed by atoms with Crippen molar-refractivity contribution >= 4 is 0 Å². The fourth-order valence-electron chi connectivity index (χ4n) is 4.30. The zero-order valence-electron chi connectivity index (χ0n) is 11.4. The normalized spacial score (nSPS) is 28.9. The Morgan fingerprint density at radius 3 is 1.80 bits per heavy atom. The van der Waals surface area contributed by atoms with Gasteiger partial charge in [0.05, 0.1) is 0 Å². The van der Waals surface area contributed by atoms with Crippen molar-refractivity contribution < 1.29 is 5.11 Å². The van der Waals surface area contributed by atoms with E-state index in [0.29, 0.717) is 17.8 Å². The van der Waals surface area contributed by atoms with Gasteiger partial charge in [0.1, 0.15) is 5.60 Å². The predicted octanol–water partition coefficient (Wildman–Crippen LogP) is 3.92. The zero-order valence-corrected chi connectivity index (χ0v) is 11.4. The van der Waals surface area contributed by atoms with E-state index in [1.165, 1.54) is 28.7 Å². The molecule has 0 spiro atoms. The highest BCUT2D eigenvalue weighted by molar-refractivity contribution is 5.55. The average Bonchev–Trinajstić information content (AvgIpc) is 3.38. The molecule has 1 N–H and O–H groups in total. The number of hydrogen-bond donors (Lipinski definition) is 1. The summed E-state index contributed by atoms with van der Waals surface area (Å²) < 4.78 is 0. The van der Waals surface area contributed by atoms with Crippen molar-refractivity contribution in [1.29, 1.82) is 0 Å². The molecule has 2 fully saturated rings. The van der Waals surface area contributed by atoms with Crippen LogP contribution in [0.1, 0.15) is 53.4 Å². The van der Waals surface area contributed by atoms with Crippen LogP contribution in [0.4, 0.5) is 0 Å². The van der Waals surface area contributed by atoms with Gasteiger partial charge in [-0.1, -0.05) is 48.5 Å². The van der Waals surface area contributed by atoms with Crippen LogP contribution in [0.25, 0.3) is 0 Å². The summed E-state index contributed by atoms with van der Waals surface area (Å²) in [5, 5.41) is 11.6. The Hall–Kier alpha value is -1.60. The Morgan fingerprint density at radius 1 is 0.800 bits per heavy atom. The Morgan fingerprint density at radius 2 is 1.30 bits per heavy atom. The van der Waals surface area contributed by atoms with E-state index in [-0.39, 0.29) is 0 Å². The van der Waals surface area contributed by atoms with E-state index in [2.05, 4.69) is 48.5 Å². The first-order chi connectivity index (χ1) is 9.80. The lowest BCUT2D eigenvalue weighted by atomic mass is 9.78. The maximum Gasteiger partial charge on any atom is 0.118 e. The molecule has 2 saturated carbocycles. The van der Waals surface area contributed by atoms with Crippen LogP contribution >= 0.6 is 0 Å². The maximum absolute atomic E-state index is 11.6. The van der Waals surface area contributed by atoms with Gasteiger partial charge in [0.2, 0.25) is 0 Å². The molecule has 0 bridgehead atoms. The lowest BCUT2D eigenvalue weighted by Gasteiger charge is -2.32. The molecule has 0 aromatic heterocycles. The fourth-order valence-corrected chi connectivity index (χ4v) is 4.30. The van der Waals surface area contributed by atoms with Gasteiger partial charge in [-0.2, -0.15) is 0 Å². The number of rotatable bonds is 1. The summed E-state index contributed by atoms with van der Waals surface area (Å²) in [6.45, 7) is 0. The Balaban J connectivity index is 1.86. The van der Waals surface area contributed by atoms with E-state index >= 15 is 0 Å². The summed E-state index contributed by atoms with van der Waals surface area (Å²) in [5.41, 5.74) is 4.40. The van der Waals surface area contributed by atoms with Crippen molar-refractivity contribution in [2.24, 2.45) is 5.92 Å². The summed E-state index contributed by atoms with van der Waals surface area (Å²) in [7, 11) is 0. The molecule has 5 rings (SSSR count). The van der Waals surface area contributed by atoms with Crippen LogP contribution in [-0.4, -0.2) is 5.11 Å². The molecule has 100 valence electrons. The van der Waals surface area contributed by atoms with Crippen LogP contribution < -0.4 is 0 Å². The van der Waals surface area contributed by atoms with Gasteiger partial charge in [-0.15, -0.1) is 0 Å². The van der Waals surface area contributed by atoms with Crippen LogP contribution in [0.15, 0.2) is 48.5 Å². The highest BCUT2D eigenvalue weighted by atomic mass is 16.3. The van der Waals surface area contributed by atoms with Gasteiger partial charge in [-0.25, -0.2) is 0 Å². The minimum absolute atomic E-state index is 0.405. The molecule has 1 nitrogen and oxygen atoms in total. The van der Waals surface area contributed by atoms with Crippen molar-refractivity contribution in [1.82, 2.24) is 0 Å². The highest BCUT2D eigenvalue weighted by Gasteiger charge is 2.55. The largest absolute Gasteiger partial charge is 0.380 e. The van der Waals surface area contributed by atoms with Crippen molar-refractivity contribution in [2.45, 2.75) is 36.7 Å². The van der Waals surface area contributed by atoms with Crippen molar-refractivity contribution in [3.63, 3.8) is 0 Å². The predicted molar refractivity (Wildman–Crippen MR) is 78.7 cm³/mol. The molecular weight excluding hydrogens is 244 g/mol. The summed E-state index contributed by atoms with van der Waals surface area (Å²) >= 11 is 0. The van der Waals surface area contributed by atoms with Gasteiger partial charge in [0, 0.05) is 0 Å². The van der Waals surface area contributed by atoms with Crippen molar-refractivity contribution in [2.75, 3.05) is 0 Å². The summed E-state index contributed by atoms with van der Waals surface area (Å²) in [4.78, 5) is 0. The summed E-state index contributed by atoms with van der Waals surface area (Å²) in [5.74, 6) is 1.66. The minimum Gasteiger partial charge on any atom is -0.380 e. The number of aliphatic hydroxyl groups is 1. The topological polar surface area (TPSA) is 20.2 Å². The van der Waals surface area contributed by atoms with Crippen LogP contribution in [0.3, 0.4) is 0 Å². The van der Waals surface area contributed by atoms with Gasteiger partial charge in [0.25, 0.3) is 0 Å². The molecule has 3 aliphatic rings. The van der Waals surface area contributed by atoms with Crippen LogP contribution in [0, 0.1) is 5.92 Å². The third kappa shape index (κ3) is 1.27. The standard InChI is InChI=1S/C19H18O/c20-19(12-9-10-12)17-7-3-1-5-13(17)15-11-16(15)14-6-2-4-8-18(14)19/h1-8,12,15-16,20H,9-11H2/t15-,16-/m1/s1. The van der Waals surface area contributed by atoms with E-state index in [0.717, 1.165) is 12.8 Å². The van der Waals surface area contributed by atoms with Gasteiger partial charge in [0.15, 0.2) is 0 Å². The quantitative estimate of drug-likeness (QED) is 0.826. The monoisotopic (exact) mass is 262 g/mol. The molecule has 2 atom stereocenters. The number of benzene rings is 2. The zero-order chi connectivity index (χ0) is 13.3. The second kappa shape index (κ2) is 3.53. The summed E-state index contributed by atoms with van der Waals surface area (Å²) in [6.07, 6.45) is 3.54. The molecule has 2 aromatic carbocycles. The molecule has 0 unspecified atom stereocenters. The second-order valence-electron chi connectivity index (χ2n) is 6.66. The van der Waals surface area contributed by atoms with Crippen LogP contribution in [-0.2, 0) is 5.60 Å². The average molecular weight is 262 g/mol. The molecule has 0 saturated heterocycles. The molecule has 0 radical (unpaired) electrons. The highest BCUT2D eigenvalue weighted by Crippen LogP contribution is 2.64. The Labute approximate surface area is 119 Å². The molecule has 0 heterocycles. The summed E-state index contributed by atoms with van der Waals surface area (Å²) in [6, 6.07) is 17.2. The lowest BCUT2D eigenvalue weighted by molar-refractivity contribution is 0.0554. The third-order valence-electron chi connectivity index (χ3n) is 5.50. The first kappa shape index (κ1) is 11.1. The van der Waals surface area contributed by atoms with E-state index in [1.807, 2.05) is 0 Å². The molecule has 3 aliphatic carbocycles. The van der Waals surface area contributed by atoms with Crippen LogP contribution in [0.2, 0.25) is 0 Å². The van der Waals surface area contributed by atoms with E-state index in [4.69, 9.17) is 0 Å². The third-order valence-corrected chi connectivity index (χ3v) is 5.50. The minimum atomic E-state index is -0.749. The van der Waals surface area contributed by atoms with Crippen molar-refractivity contribution in [3.05, 3.63) is 70.8 Å². The van der Waals surface area contributed by atoms with E-state index < -0.39 is 5.60 Å². The number of fused-ring (bicyclic) bond motifs is 5. The van der Waals surface area contributed by atoms with E-state index in [9.17, 15) is 5.11 Å². The molecule has 20 heavy (non-hydrogen) atoms. The maximum atomic E-state index is 11.6. The van der Waals surface area contributed by atoms with Crippen molar-refractivity contribution in [3.8, 4) is 0 Å². The molecule has 0 aliphatic heterocycles. The smallest absolute Gasteiger partial charge is 0.118 e. The van der Waals surface area contributed by atoms with Gasteiger partial charge in [-0.05, 0) is 59.3 Å². The Kier molecular flexibility index (Phi) is 1.96. The van der Waals surface area contributed by atoms with Gasteiger partial charge >= 0.3 is 0 Å². The SMILES string of the molecule is OC1(C2CC2)c2ccccc2[C@H]2C[C@@H]2c2ccccc21. The molecular formula is C19H18O. The second-order valence-corrected chi connectivity index (χ2v) is 6.66. The molecule has 2 aromatic rings. The number of hydrogen-bond acceptors (Lipinski definition) is 1. The first-order valence-electron chi connectivity index (χ1n) is 7.71. The lowest BCUT2D eigenvalue weighted by Crippen LogP contribution is -2.31. The van der Waals surface area contributed by atoms with Gasteiger partial charge in [-0.3, -0.25) is 0 Å². The Bertz CT molecular complexity index is 647. The first-order valence-corrected chi connectivity index (χ1v) is 7.71. The van der Waals surface area contributed by atoms with E-state index in [1.54, 1.807) is 0 Å². The molecule has 0 amide bonds. The van der Waals surface area contributed by atoms with Crippen LogP contribution in [0.5, 0.6) is 0 Å². The van der Waals surface area contributed by atoms with Gasteiger partial charge < -0.3 is 5.11 Å². The fraction of sp³-hybridized carbons (Fsp3) is 0.368. The molecule has 1 heteroatoms.